The van der Waals surface area contributed by atoms with Gasteiger partial charge in [0.05, 0.1) is 5.41 Å². The van der Waals surface area contributed by atoms with Crippen LogP contribution < -0.4 is 0 Å². The van der Waals surface area contributed by atoms with E-state index in [4.69, 9.17) is 29.9 Å². The highest BCUT2D eigenvalue weighted by Gasteiger charge is 2.46. The minimum atomic E-state index is -0.420. The van der Waals surface area contributed by atoms with Crippen molar-refractivity contribution in [1.29, 1.82) is 0 Å². The molecule has 0 spiro atoms. The summed E-state index contributed by atoms with van der Waals surface area (Å²) in [7, 11) is 0. The predicted octanol–water partition coefficient (Wildman–Crippen LogP) is 26.4. The zero-order valence-electron chi connectivity index (χ0n) is 61.9. The average molecular weight is 1430 g/mol. The molecule has 20 rings (SSSR count). The van der Waals surface area contributed by atoms with Gasteiger partial charge in [0, 0.05) is 38.8 Å². The Morgan fingerprint density at radius 1 is 0.161 bits per heavy atom. The first-order valence-corrected chi connectivity index (χ1v) is 38.2. The summed E-state index contributed by atoms with van der Waals surface area (Å²) in [6, 6.07) is 146. The van der Waals surface area contributed by atoms with Crippen molar-refractivity contribution in [3.8, 4) is 157 Å². The van der Waals surface area contributed by atoms with Crippen molar-refractivity contribution in [2.24, 2.45) is 0 Å². The highest BCUT2D eigenvalue weighted by molar-refractivity contribution is 5.92. The summed E-state index contributed by atoms with van der Waals surface area (Å²) >= 11 is 0. The molecule has 2 heterocycles. The fourth-order valence-corrected chi connectivity index (χ4v) is 16.7. The highest BCUT2D eigenvalue weighted by atomic mass is 15.0. The van der Waals surface area contributed by atoms with E-state index >= 15 is 0 Å². The van der Waals surface area contributed by atoms with Crippen LogP contribution in [0.15, 0.2) is 413 Å². The van der Waals surface area contributed by atoms with Gasteiger partial charge in [-0.05, 0) is 153 Å². The molecular weight excluding hydrogens is 1360 g/mol. The van der Waals surface area contributed by atoms with E-state index in [0.29, 0.717) is 34.9 Å². The van der Waals surface area contributed by atoms with E-state index in [1.807, 2.05) is 72.8 Å². The molecule has 16 aromatic carbocycles. The number of benzene rings is 16. The van der Waals surface area contributed by atoms with Crippen LogP contribution in [0.4, 0.5) is 0 Å². The van der Waals surface area contributed by atoms with Crippen LogP contribution in [0.3, 0.4) is 0 Å². The van der Waals surface area contributed by atoms with Crippen LogP contribution in [-0.2, 0) is 10.8 Å². The molecular formula is C106H74N6. The van der Waals surface area contributed by atoms with Crippen molar-refractivity contribution in [3.05, 3.63) is 446 Å². The second kappa shape index (κ2) is 29.3. The van der Waals surface area contributed by atoms with Crippen LogP contribution in [0.1, 0.15) is 47.2 Å². The maximum absolute atomic E-state index is 5.09. The van der Waals surface area contributed by atoms with E-state index in [1.165, 1.54) is 83.5 Å². The van der Waals surface area contributed by atoms with Gasteiger partial charge in [0.1, 0.15) is 0 Å². The number of nitrogens with zero attached hydrogens (tertiary/aromatic N) is 6. The molecule has 0 radical (unpaired) electrons. The molecule has 2 aromatic heterocycles. The molecule has 528 valence electrons. The molecule has 18 aromatic rings. The van der Waals surface area contributed by atoms with E-state index in [2.05, 4.69) is 354 Å². The molecule has 2 aliphatic rings. The molecule has 2 aliphatic carbocycles. The predicted molar refractivity (Wildman–Crippen MR) is 460 cm³/mol. The van der Waals surface area contributed by atoms with E-state index in [-0.39, 0.29) is 5.41 Å². The Balaban J connectivity index is 0.000000153. The van der Waals surface area contributed by atoms with Crippen molar-refractivity contribution in [2.45, 2.75) is 24.7 Å². The molecule has 0 bridgehead atoms. The quantitative estimate of drug-likeness (QED) is 0.108. The lowest BCUT2D eigenvalue weighted by Crippen LogP contribution is -2.28. The summed E-state index contributed by atoms with van der Waals surface area (Å²) in [5.74, 6) is 3.85. The van der Waals surface area contributed by atoms with Crippen LogP contribution in [0.2, 0.25) is 0 Å². The maximum atomic E-state index is 5.09. The standard InChI is InChI=1S/C58H39N3.C48H35N3/c1-5-17-40(18-6-1)41-31-33-43(34-32-41)56-59-55(42-19-7-2-8-20-42)60-57(61-56)48-24-16-23-46(38-48)44-21-15-22-45(37-44)47-35-36-54-52(39-47)51-29-13-14-30-53(51)58(54,49-25-9-3-10-26-49)50-27-11-4-12-28-50;1-48(2)43-25-10-9-22-41(43)42-24-13-23-40(44(42)48)38-20-11-18-36(30-38)37-19-12-21-39(31-37)47-50-45(34-16-7-4-8-17-34)49-46(51-47)35-28-26-33(27-29-35)32-14-5-3-6-15-32/h1-39H;3-31H,1-2H3. The van der Waals surface area contributed by atoms with Crippen LogP contribution in [0, 0.1) is 0 Å². The summed E-state index contributed by atoms with van der Waals surface area (Å²) in [5, 5.41) is 0. The average Bonchev–Trinajstić information content (AvgIpc) is 1.51. The summed E-state index contributed by atoms with van der Waals surface area (Å²) < 4.78 is 0. The van der Waals surface area contributed by atoms with Gasteiger partial charge in [0.15, 0.2) is 34.9 Å². The van der Waals surface area contributed by atoms with Crippen molar-refractivity contribution in [2.75, 3.05) is 0 Å². The molecule has 0 amide bonds. The molecule has 6 nitrogen and oxygen atoms in total. The fourth-order valence-electron chi connectivity index (χ4n) is 16.7. The Kier molecular flexibility index (Phi) is 17.8. The lowest BCUT2D eigenvalue weighted by atomic mass is 9.67. The highest BCUT2D eigenvalue weighted by Crippen LogP contribution is 2.57. The molecule has 112 heavy (non-hydrogen) atoms. The van der Waals surface area contributed by atoms with Gasteiger partial charge in [0.2, 0.25) is 0 Å². The lowest BCUT2D eigenvalue weighted by molar-refractivity contribution is 0.662. The van der Waals surface area contributed by atoms with Crippen LogP contribution >= 0.6 is 0 Å². The number of hydrogen-bond donors (Lipinski definition) is 0. The molecule has 0 unspecified atom stereocenters. The molecule has 0 aliphatic heterocycles. The second-order valence-corrected chi connectivity index (χ2v) is 29.2. The Hall–Kier alpha value is -14.5. The van der Waals surface area contributed by atoms with Gasteiger partial charge in [-0.2, -0.15) is 0 Å². The largest absolute Gasteiger partial charge is 0.208 e. The Morgan fingerprint density at radius 2 is 0.411 bits per heavy atom. The first-order chi connectivity index (χ1) is 55.2. The summed E-state index contributed by atoms with van der Waals surface area (Å²) in [6.07, 6.45) is 0. The van der Waals surface area contributed by atoms with Gasteiger partial charge in [0.25, 0.3) is 0 Å². The van der Waals surface area contributed by atoms with Crippen LogP contribution in [0.5, 0.6) is 0 Å². The van der Waals surface area contributed by atoms with Crippen molar-refractivity contribution >= 4 is 0 Å². The van der Waals surface area contributed by atoms with E-state index in [9.17, 15) is 0 Å². The smallest absolute Gasteiger partial charge is 0.164 e. The third-order valence-electron chi connectivity index (χ3n) is 22.2. The minimum absolute atomic E-state index is 0.0901. The second-order valence-electron chi connectivity index (χ2n) is 29.2. The van der Waals surface area contributed by atoms with Crippen molar-refractivity contribution in [3.63, 3.8) is 0 Å². The first-order valence-electron chi connectivity index (χ1n) is 38.2. The number of fused-ring (bicyclic) bond motifs is 6. The minimum Gasteiger partial charge on any atom is -0.208 e. The molecule has 0 fully saturated rings. The number of rotatable bonds is 14. The molecule has 0 N–H and O–H groups in total. The zero-order chi connectivity index (χ0) is 75.0. The third-order valence-corrected chi connectivity index (χ3v) is 22.2. The van der Waals surface area contributed by atoms with Crippen LogP contribution in [-0.4, -0.2) is 29.9 Å². The maximum Gasteiger partial charge on any atom is 0.164 e. The van der Waals surface area contributed by atoms with E-state index in [1.54, 1.807) is 0 Å². The summed E-state index contributed by atoms with van der Waals surface area (Å²) in [6.45, 7) is 4.69. The van der Waals surface area contributed by atoms with Gasteiger partial charge in [-0.3, -0.25) is 0 Å². The number of aromatic nitrogens is 6. The van der Waals surface area contributed by atoms with Crippen LogP contribution in [0.25, 0.3) is 157 Å². The summed E-state index contributed by atoms with van der Waals surface area (Å²) in [5.41, 5.74) is 32.2. The SMILES string of the molecule is CC1(C)c2ccccc2-c2cccc(-c3cccc(-c4cccc(-c5nc(-c6ccccc6)nc(-c6ccc(-c7ccccc7)cc6)n5)c4)c3)c21.c1ccc(-c2ccc(-c3nc(-c4ccccc4)nc(-c4cccc(-c5cccc(-c6ccc7c(c6)-c6ccccc6C7(c6ccccc6)c6ccccc6)c5)c4)n3)cc2)cc1. The third kappa shape index (κ3) is 12.8. The van der Waals surface area contributed by atoms with Crippen molar-refractivity contribution in [1.82, 2.24) is 29.9 Å². The fraction of sp³-hybridized carbons (Fsp3) is 0.0377. The Bertz CT molecular complexity index is 6450. The van der Waals surface area contributed by atoms with Crippen molar-refractivity contribution < 1.29 is 0 Å². The van der Waals surface area contributed by atoms with Gasteiger partial charge < -0.3 is 0 Å². The molecule has 0 atom stereocenters. The van der Waals surface area contributed by atoms with Gasteiger partial charge in [-0.25, -0.2) is 29.9 Å². The first kappa shape index (κ1) is 68.1. The lowest BCUT2D eigenvalue weighted by Gasteiger charge is -2.33. The Morgan fingerprint density at radius 3 is 0.848 bits per heavy atom. The van der Waals surface area contributed by atoms with Gasteiger partial charge in [-0.1, -0.05) is 396 Å². The Labute approximate surface area is 653 Å². The van der Waals surface area contributed by atoms with E-state index in [0.717, 1.165) is 72.3 Å². The summed E-state index contributed by atoms with van der Waals surface area (Å²) in [4.78, 5) is 30.2. The number of hydrogen-bond acceptors (Lipinski definition) is 6. The zero-order valence-corrected chi connectivity index (χ0v) is 61.9. The molecule has 0 saturated heterocycles. The topological polar surface area (TPSA) is 77.3 Å². The molecule has 6 heteroatoms. The van der Waals surface area contributed by atoms with Gasteiger partial charge >= 0.3 is 0 Å². The van der Waals surface area contributed by atoms with Gasteiger partial charge in [-0.15, -0.1) is 0 Å². The monoisotopic (exact) mass is 1430 g/mol. The van der Waals surface area contributed by atoms with E-state index < -0.39 is 5.41 Å². The molecule has 0 saturated carbocycles. The normalized spacial score (nSPS) is 12.5.